The van der Waals surface area contributed by atoms with Crippen molar-refractivity contribution in [2.24, 2.45) is 11.8 Å². The SMILES string of the molecule is COC(=O)N[C@@H](C(=O)CN[C@H](C)c1ncc(C2COC(c3ccc(-c4cnc([C@H](C)CNC(=O)[C@H](NC(=O)OC)C(C)C)[nH]4)s3)OC2)[nH]1)C(C)C. The number of carbonyl (C=O) groups excluding carboxylic acids is 4. The van der Waals surface area contributed by atoms with Crippen LogP contribution in [0.25, 0.3) is 10.6 Å². The van der Waals surface area contributed by atoms with E-state index in [4.69, 9.17) is 9.47 Å². The Kier molecular flexibility index (Phi) is 14.1. The molecule has 3 amide bonds. The van der Waals surface area contributed by atoms with Gasteiger partial charge in [-0.25, -0.2) is 19.6 Å². The van der Waals surface area contributed by atoms with Gasteiger partial charge in [-0.1, -0.05) is 34.6 Å². The summed E-state index contributed by atoms with van der Waals surface area (Å²) < 4.78 is 21.5. The van der Waals surface area contributed by atoms with Crippen molar-refractivity contribution in [3.05, 3.63) is 46.7 Å². The zero-order valence-corrected chi connectivity index (χ0v) is 31.1. The first-order chi connectivity index (χ1) is 24.3. The summed E-state index contributed by atoms with van der Waals surface area (Å²) in [5.41, 5.74) is 1.71. The lowest BCUT2D eigenvalue weighted by Gasteiger charge is -2.28. The normalized spacial score (nSPS) is 18.5. The molecular weight excluding hydrogens is 680 g/mol. The number of hydrogen-bond acceptors (Lipinski definition) is 12. The second kappa shape index (κ2) is 18.3. The Balaban J connectivity index is 1.25. The van der Waals surface area contributed by atoms with Gasteiger partial charge >= 0.3 is 12.2 Å². The van der Waals surface area contributed by atoms with Crippen LogP contribution < -0.4 is 21.3 Å². The summed E-state index contributed by atoms with van der Waals surface area (Å²) in [5.74, 6) is 0.596. The Morgan fingerprint density at radius 2 is 1.51 bits per heavy atom. The number of H-pyrrole nitrogens is 2. The van der Waals surface area contributed by atoms with Crippen molar-refractivity contribution < 1.29 is 38.1 Å². The highest BCUT2D eigenvalue weighted by atomic mass is 32.1. The van der Waals surface area contributed by atoms with Crippen molar-refractivity contribution in [3.8, 4) is 10.6 Å². The number of rotatable bonds is 16. The number of nitrogens with zero attached hydrogens (tertiary/aromatic N) is 2. The van der Waals surface area contributed by atoms with E-state index in [1.54, 1.807) is 23.7 Å². The Bertz CT molecular complexity index is 1610. The van der Waals surface area contributed by atoms with E-state index in [9.17, 15) is 19.2 Å². The smallest absolute Gasteiger partial charge is 0.407 e. The molecule has 1 fully saturated rings. The molecule has 280 valence electrons. The lowest BCUT2D eigenvalue weighted by Crippen LogP contribution is -2.50. The minimum absolute atomic E-state index is 0.0467. The maximum Gasteiger partial charge on any atom is 0.407 e. The number of Topliss-reactive ketones (excluding diaryl/α,β-unsaturated/α-hetero) is 1. The molecule has 16 nitrogen and oxygen atoms in total. The van der Waals surface area contributed by atoms with Crippen molar-refractivity contribution in [1.29, 1.82) is 0 Å². The highest BCUT2D eigenvalue weighted by Crippen LogP contribution is 2.36. The summed E-state index contributed by atoms with van der Waals surface area (Å²) in [4.78, 5) is 66.4. The van der Waals surface area contributed by atoms with Crippen molar-refractivity contribution >= 4 is 35.2 Å². The van der Waals surface area contributed by atoms with E-state index in [1.807, 2.05) is 53.7 Å². The number of thiophene rings is 1. The topological polar surface area (TPSA) is 211 Å². The number of amides is 3. The molecule has 17 heteroatoms. The van der Waals surface area contributed by atoms with Gasteiger partial charge in [0.1, 0.15) is 17.7 Å². The van der Waals surface area contributed by atoms with Gasteiger partial charge in [-0.05, 0) is 30.9 Å². The first-order valence-electron chi connectivity index (χ1n) is 17.0. The van der Waals surface area contributed by atoms with Crippen LogP contribution >= 0.6 is 11.3 Å². The van der Waals surface area contributed by atoms with Gasteiger partial charge in [0.05, 0.1) is 67.7 Å². The Labute approximate surface area is 301 Å². The lowest BCUT2D eigenvalue weighted by molar-refractivity contribution is -0.190. The molecule has 0 aliphatic carbocycles. The zero-order chi connectivity index (χ0) is 37.2. The van der Waals surface area contributed by atoms with Gasteiger partial charge < -0.3 is 50.2 Å². The Morgan fingerprint density at radius 1 is 0.882 bits per heavy atom. The monoisotopic (exact) mass is 730 g/mol. The largest absolute Gasteiger partial charge is 0.453 e. The first kappa shape index (κ1) is 39.5. The fourth-order valence-corrected chi connectivity index (χ4v) is 6.38. The fourth-order valence-electron chi connectivity index (χ4n) is 5.41. The van der Waals surface area contributed by atoms with Crippen molar-refractivity contribution in [2.45, 2.75) is 77.8 Å². The molecule has 0 radical (unpaired) electrons. The molecule has 4 heterocycles. The van der Waals surface area contributed by atoms with Gasteiger partial charge in [0.25, 0.3) is 0 Å². The first-order valence-corrected chi connectivity index (χ1v) is 17.8. The number of aromatic nitrogens is 4. The molecule has 3 aromatic heterocycles. The third kappa shape index (κ3) is 10.6. The van der Waals surface area contributed by atoms with E-state index in [0.717, 1.165) is 27.0 Å². The molecule has 0 bridgehead atoms. The number of hydrogen-bond donors (Lipinski definition) is 6. The summed E-state index contributed by atoms with van der Waals surface area (Å²) in [6, 6.07) is 2.35. The van der Waals surface area contributed by atoms with Crippen molar-refractivity contribution in [3.63, 3.8) is 0 Å². The Hall–Kier alpha value is -4.32. The van der Waals surface area contributed by atoms with Crippen LogP contribution in [-0.4, -0.2) is 96.4 Å². The third-order valence-corrected chi connectivity index (χ3v) is 9.73. The number of methoxy groups -OCH3 is 2. The maximum atomic E-state index is 12.8. The van der Waals surface area contributed by atoms with Crippen LogP contribution in [0.15, 0.2) is 24.5 Å². The molecule has 1 saturated heterocycles. The van der Waals surface area contributed by atoms with Crippen LogP contribution in [0, 0.1) is 11.8 Å². The second-order valence-electron chi connectivity index (χ2n) is 13.2. The van der Waals surface area contributed by atoms with E-state index < -0.39 is 30.6 Å². The molecule has 4 rings (SSSR count). The number of aromatic amines is 2. The molecule has 0 aromatic carbocycles. The average Bonchev–Trinajstić information content (AvgIpc) is 3.91. The summed E-state index contributed by atoms with van der Waals surface area (Å²) in [7, 11) is 2.52. The molecule has 51 heavy (non-hydrogen) atoms. The van der Waals surface area contributed by atoms with E-state index in [0.29, 0.717) is 25.6 Å². The predicted octanol–water partition coefficient (Wildman–Crippen LogP) is 3.89. The molecule has 3 aromatic rings. The van der Waals surface area contributed by atoms with Gasteiger partial charge in [0.2, 0.25) is 5.91 Å². The van der Waals surface area contributed by atoms with Crippen LogP contribution in [-0.2, 0) is 28.5 Å². The van der Waals surface area contributed by atoms with Gasteiger partial charge in [0.15, 0.2) is 12.1 Å². The molecule has 0 unspecified atom stereocenters. The van der Waals surface area contributed by atoms with Gasteiger partial charge in [-0.15, -0.1) is 11.3 Å². The van der Waals surface area contributed by atoms with E-state index >= 15 is 0 Å². The molecule has 4 atom stereocenters. The van der Waals surface area contributed by atoms with Crippen LogP contribution in [0.2, 0.25) is 0 Å². The van der Waals surface area contributed by atoms with E-state index in [2.05, 4.69) is 50.7 Å². The summed E-state index contributed by atoms with van der Waals surface area (Å²) >= 11 is 1.54. The van der Waals surface area contributed by atoms with Gasteiger partial charge in [0, 0.05) is 30.3 Å². The number of nitrogens with one attached hydrogen (secondary N) is 6. The molecule has 1 aliphatic heterocycles. The number of imidazole rings is 2. The van der Waals surface area contributed by atoms with Crippen molar-refractivity contribution in [2.75, 3.05) is 40.5 Å². The van der Waals surface area contributed by atoms with Crippen LogP contribution in [0.3, 0.4) is 0 Å². The quantitative estimate of drug-likeness (QED) is 0.125. The van der Waals surface area contributed by atoms with E-state index in [-0.39, 0.29) is 47.9 Å². The standard InChI is InChI=1S/C34H50N8O8S/c1-17(2)27(41-33(45)47-7)24(43)14-35-20(6)30-37-12-22(39-30)21-15-49-32(50-16-21)26-10-9-25(51-26)23-13-36-29(40-23)19(5)11-38-31(44)28(18(3)4)42-34(46)48-8/h9-10,12-13,17-21,27-28,32,35H,11,14-16H2,1-8H3,(H,36,40)(H,37,39)(H,38,44)(H,41,45)(H,42,46)/t19-,20-,21?,27-,28-,32?/m1/s1. The third-order valence-electron chi connectivity index (χ3n) is 8.59. The molecule has 0 spiro atoms. The number of ether oxygens (including phenoxy) is 4. The van der Waals surface area contributed by atoms with E-state index in [1.165, 1.54) is 14.2 Å². The molecule has 6 N–H and O–H groups in total. The lowest BCUT2D eigenvalue weighted by atomic mass is 10.00. The van der Waals surface area contributed by atoms with Crippen molar-refractivity contribution in [1.82, 2.24) is 41.2 Å². The predicted molar refractivity (Wildman–Crippen MR) is 189 cm³/mol. The van der Waals surface area contributed by atoms with Gasteiger partial charge in [-0.3, -0.25) is 9.59 Å². The number of ketones is 1. The molecule has 1 aliphatic rings. The van der Waals surface area contributed by atoms with Crippen LogP contribution in [0.4, 0.5) is 9.59 Å². The summed E-state index contributed by atoms with van der Waals surface area (Å²) in [6.45, 7) is 12.5. The maximum absolute atomic E-state index is 12.8. The van der Waals surface area contributed by atoms with Gasteiger partial charge in [-0.2, -0.15) is 0 Å². The Morgan fingerprint density at radius 3 is 2.14 bits per heavy atom. The molecular formula is C34H50N8O8S. The highest BCUT2D eigenvalue weighted by Gasteiger charge is 2.29. The van der Waals surface area contributed by atoms with Crippen LogP contribution in [0.1, 0.15) is 87.9 Å². The van der Waals surface area contributed by atoms with Crippen LogP contribution in [0.5, 0.6) is 0 Å². The molecule has 0 saturated carbocycles. The highest BCUT2D eigenvalue weighted by molar-refractivity contribution is 7.15. The minimum atomic E-state index is -0.713. The number of carbonyl (C=O) groups is 4. The summed E-state index contributed by atoms with van der Waals surface area (Å²) in [5, 5.41) is 11.2. The number of alkyl carbamates (subject to hydrolysis) is 2. The average molecular weight is 731 g/mol. The summed E-state index contributed by atoms with van der Waals surface area (Å²) in [6.07, 6.45) is 1.72. The minimum Gasteiger partial charge on any atom is -0.453 e. The zero-order valence-electron chi connectivity index (χ0n) is 30.3. The second-order valence-corrected chi connectivity index (χ2v) is 14.3. The fraction of sp³-hybridized carbons (Fsp3) is 0.588.